The van der Waals surface area contributed by atoms with Gasteiger partial charge in [-0.05, 0) is 12.0 Å². The predicted octanol–water partition coefficient (Wildman–Crippen LogP) is 0.515. The van der Waals surface area contributed by atoms with Crippen molar-refractivity contribution in [2.45, 2.75) is 32.2 Å². The minimum atomic E-state index is -1.05. The number of ether oxygens (including phenoxy) is 1. The molecular weight excluding hydrogens is 376 g/mol. The van der Waals surface area contributed by atoms with Gasteiger partial charge in [-0.2, -0.15) is 0 Å². The summed E-state index contributed by atoms with van der Waals surface area (Å²) in [6.45, 7) is 1.80. The number of aromatic nitrogens is 2. The number of hydrogen-bond acceptors (Lipinski definition) is 4. The monoisotopic (exact) mass is 398 g/mol. The number of hydrogen-bond donors (Lipinski definition) is 2. The van der Waals surface area contributed by atoms with Crippen LogP contribution in [0.4, 0.5) is 4.79 Å². The quantitative estimate of drug-likeness (QED) is 0.767. The molecule has 4 heterocycles. The number of amides is 2. The molecule has 1 fully saturated rings. The molecule has 152 valence electrons. The molecule has 5 rings (SSSR count). The smallest absolute Gasteiger partial charge is 0.407 e. The van der Waals surface area contributed by atoms with Crippen LogP contribution < -0.4 is 11.0 Å². The van der Waals surface area contributed by atoms with Crippen molar-refractivity contribution in [2.24, 2.45) is 5.41 Å². The maximum absolute atomic E-state index is 13.1. The number of carboxylic acid groups (broad SMARTS) is 1. The van der Waals surface area contributed by atoms with Crippen molar-refractivity contribution in [1.82, 2.24) is 19.4 Å². The minimum absolute atomic E-state index is 0.0390. The van der Waals surface area contributed by atoms with E-state index < -0.39 is 6.09 Å². The normalized spacial score (nSPS) is 25.6. The van der Waals surface area contributed by atoms with Crippen LogP contribution >= 0.6 is 0 Å². The van der Waals surface area contributed by atoms with Gasteiger partial charge in [0.05, 0.1) is 30.4 Å². The van der Waals surface area contributed by atoms with Crippen molar-refractivity contribution >= 4 is 12.0 Å². The van der Waals surface area contributed by atoms with E-state index in [1.807, 2.05) is 30.3 Å². The number of fused-ring (bicyclic) bond motifs is 3. The van der Waals surface area contributed by atoms with Gasteiger partial charge in [0.15, 0.2) is 0 Å². The van der Waals surface area contributed by atoms with Crippen molar-refractivity contribution in [3.63, 3.8) is 0 Å². The second-order valence-electron chi connectivity index (χ2n) is 8.05. The van der Waals surface area contributed by atoms with Crippen LogP contribution in [0.15, 0.2) is 35.1 Å². The molecule has 2 amide bonds. The molecular formula is C20H22N4O5. The van der Waals surface area contributed by atoms with Crippen molar-refractivity contribution in [3.8, 4) is 0 Å². The van der Waals surface area contributed by atoms with Crippen molar-refractivity contribution in [3.05, 3.63) is 57.8 Å². The molecule has 2 unspecified atom stereocenters. The molecule has 0 saturated carbocycles. The molecule has 1 aromatic carbocycles. The third-order valence-corrected chi connectivity index (χ3v) is 6.34. The first-order chi connectivity index (χ1) is 14.0. The van der Waals surface area contributed by atoms with E-state index in [1.165, 1.54) is 9.47 Å². The Morgan fingerprint density at radius 1 is 1.21 bits per heavy atom. The molecule has 3 aliphatic rings. The van der Waals surface area contributed by atoms with E-state index in [-0.39, 0.29) is 48.4 Å². The average Bonchev–Trinajstić information content (AvgIpc) is 2.88. The first-order valence-electron chi connectivity index (χ1n) is 9.72. The fourth-order valence-corrected chi connectivity index (χ4v) is 4.64. The molecule has 0 radical (unpaired) electrons. The Balaban J connectivity index is 1.50. The van der Waals surface area contributed by atoms with Gasteiger partial charge in [-0.1, -0.05) is 30.3 Å². The standard InChI is InChI=1S/C20H22N4O5/c25-17-16-14-9-22(19(27)28)6-7-23(14)18(26)24(16)11-20(10-21-17)12-29-15(20)8-13-4-2-1-3-5-13/h1-5,15H,6-12H2,(H,21,25)(H,27,28). The highest BCUT2D eigenvalue weighted by atomic mass is 16.5. The molecule has 3 aliphatic heterocycles. The Kier molecular flexibility index (Phi) is 4.02. The SMILES string of the molecule is O=C1NCC2(COC2Cc2ccccc2)Cn2c1c1n(c2=O)CCN(C(=O)O)C1. The third kappa shape index (κ3) is 2.76. The summed E-state index contributed by atoms with van der Waals surface area (Å²) in [6, 6.07) is 10.0. The van der Waals surface area contributed by atoms with E-state index in [1.54, 1.807) is 4.57 Å². The van der Waals surface area contributed by atoms with E-state index in [4.69, 9.17) is 4.74 Å². The topological polar surface area (TPSA) is 106 Å². The molecule has 0 bridgehead atoms. The van der Waals surface area contributed by atoms with Gasteiger partial charge >= 0.3 is 11.8 Å². The zero-order valence-electron chi connectivity index (χ0n) is 15.8. The van der Waals surface area contributed by atoms with Crippen LogP contribution in [0.5, 0.6) is 0 Å². The number of carbonyl (C=O) groups is 2. The predicted molar refractivity (Wildman–Crippen MR) is 102 cm³/mol. The first kappa shape index (κ1) is 18.0. The van der Waals surface area contributed by atoms with Gasteiger partial charge in [-0.15, -0.1) is 0 Å². The molecule has 9 heteroatoms. The van der Waals surface area contributed by atoms with Crippen LogP contribution in [-0.4, -0.2) is 56.9 Å². The Morgan fingerprint density at radius 3 is 2.69 bits per heavy atom. The summed E-state index contributed by atoms with van der Waals surface area (Å²) in [7, 11) is 0. The Labute approximate surface area is 166 Å². The van der Waals surface area contributed by atoms with E-state index in [2.05, 4.69) is 5.32 Å². The Morgan fingerprint density at radius 2 is 2.00 bits per heavy atom. The van der Waals surface area contributed by atoms with Crippen molar-refractivity contribution in [2.75, 3.05) is 19.7 Å². The lowest BCUT2D eigenvalue weighted by atomic mass is 9.75. The van der Waals surface area contributed by atoms with Crippen LogP contribution in [0, 0.1) is 5.41 Å². The van der Waals surface area contributed by atoms with Gasteiger partial charge in [0.2, 0.25) is 0 Å². The summed E-state index contributed by atoms with van der Waals surface area (Å²) >= 11 is 0. The van der Waals surface area contributed by atoms with Gasteiger partial charge in [0.25, 0.3) is 5.91 Å². The lowest BCUT2D eigenvalue weighted by Gasteiger charge is -2.48. The van der Waals surface area contributed by atoms with E-state index in [0.717, 1.165) is 5.56 Å². The molecule has 1 saturated heterocycles. The van der Waals surface area contributed by atoms with Crippen molar-refractivity contribution < 1.29 is 19.4 Å². The molecule has 2 atom stereocenters. The molecule has 1 spiro atoms. The van der Waals surface area contributed by atoms with Crippen LogP contribution in [0.25, 0.3) is 0 Å². The first-order valence-corrected chi connectivity index (χ1v) is 9.72. The Bertz CT molecular complexity index is 1040. The summed E-state index contributed by atoms with van der Waals surface area (Å²) in [5.41, 5.74) is 1.29. The van der Waals surface area contributed by atoms with Gasteiger partial charge in [0.1, 0.15) is 5.69 Å². The van der Waals surface area contributed by atoms with E-state index in [0.29, 0.717) is 31.8 Å². The maximum Gasteiger partial charge on any atom is 0.407 e. The summed E-state index contributed by atoms with van der Waals surface area (Å²) in [5, 5.41) is 12.3. The lowest BCUT2D eigenvalue weighted by molar-refractivity contribution is -0.189. The number of imidazole rings is 1. The summed E-state index contributed by atoms with van der Waals surface area (Å²) in [4.78, 5) is 38.5. The van der Waals surface area contributed by atoms with Crippen LogP contribution in [0.3, 0.4) is 0 Å². The summed E-state index contributed by atoms with van der Waals surface area (Å²) in [5.74, 6) is -0.328. The molecule has 2 N–H and O–H groups in total. The van der Waals surface area contributed by atoms with Gasteiger partial charge in [0, 0.05) is 26.2 Å². The Hall–Kier alpha value is -3.07. The second kappa shape index (κ2) is 6.48. The van der Waals surface area contributed by atoms with E-state index >= 15 is 0 Å². The zero-order chi connectivity index (χ0) is 20.2. The van der Waals surface area contributed by atoms with Crippen molar-refractivity contribution in [1.29, 1.82) is 0 Å². The molecule has 2 aromatic rings. The summed E-state index contributed by atoms with van der Waals surface area (Å²) in [6.07, 6.45) is -0.443. The average molecular weight is 398 g/mol. The number of benzene rings is 1. The highest BCUT2D eigenvalue weighted by Crippen LogP contribution is 2.40. The van der Waals surface area contributed by atoms with Crippen LogP contribution in [-0.2, 0) is 30.8 Å². The molecule has 1 aromatic heterocycles. The van der Waals surface area contributed by atoms with Gasteiger partial charge in [-0.3, -0.25) is 13.9 Å². The summed E-state index contributed by atoms with van der Waals surface area (Å²) < 4.78 is 8.94. The van der Waals surface area contributed by atoms with Crippen LogP contribution in [0.1, 0.15) is 21.7 Å². The maximum atomic E-state index is 13.1. The third-order valence-electron chi connectivity index (χ3n) is 6.34. The fraction of sp³-hybridized carbons (Fsp3) is 0.450. The molecule has 29 heavy (non-hydrogen) atoms. The highest BCUT2D eigenvalue weighted by molar-refractivity contribution is 5.94. The number of carbonyl (C=O) groups excluding carboxylic acids is 1. The lowest BCUT2D eigenvalue weighted by Crippen LogP contribution is -2.60. The fourth-order valence-electron chi connectivity index (χ4n) is 4.64. The minimum Gasteiger partial charge on any atom is -0.465 e. The highest BCUT2D eigenvalue weighted by Gasteiger charge is 2.51. The number of nitrogens with one attached hydrogen (secondary N) is 1. The zero-order valence-corrected chi connectivity index (χ0v) is 15.8. The number of nitrogens with zero attached hydrogens (tertiary/aromatic N) is 3. The second-order valence-corrected chi connectivity index (χ2v) is 8.05. The number of rotatable bonds is 2. The largest absolute Gasteiger partial charge is 0.465 e. The molecule has 0 aliphatic carbocycles. The van der Waals surface area contributed by atoms with Gasteiger partial charge in [-0.25, -0.2) is 9.59 Å². The van der Waals surface area contributed by atoms with E-state index in [9.17, 15) is 19.5 Å². The molecule has 9 nitrogen and oxygen atoms in total. The van der Waals surface area contributed by atoms with Gasteiger partial charge < -0.3 is 20.1 Å². The van der Waals surface area contributed by atoms with Crippen LogP contribution in [0.2, 0.25) is 0 Å².